The molecule has 0 bridgehead atoms. The number of nitrogens with zero attached hydrogens (tertiary/aromatic N) is 3. The number of hydrogen-bond acceptors (Lipinski definition) is 5. The van der Waals surface area contributed by atoms with Gasteiger partial charge in [0.05, 0.1) is 0 Å². The van der Waals surface area contributed by atoms with E-state index in [0.717, 1.165) is 22.3 Å². The molecule has 1 aliphatic heterocycles. The Morgan fingerprint density at radius 3 is 2.52 bits per heavy atom. The Morgan fingerprint density at radius 2 is 1.81 bits per heavy atom. The molecule has 1 fully saturated rings. The molecule has 160 valence electrons. The second kappa shape index (κ2) is 9.25. The zero-order valence-corrected chi connectivity index (χ0v) is 18.0. The van der Waals surface area contributed by atoms with Crippen molar-refractivity contribution in [3.05, 3.63) is 71.1 Å². The highest BCUT2D eigenvalue weighted by atomic mass is 16.5. The molecule has 1 aliphatic rings. The summed E-state index contributed by atoms with van der Waals surface area (Å²) in [7, 11) is 0. The number of benzene rings is 2. The van der Waals surface area contributed by atoms with Crippen molar-refractivity contribution in [3.63, 3.8) is 0 Å². The number of rotatable bonds is 6. The van der Waals surface area contributed by atoms with Gasteiger partial charge in [-0.3, -0.25) is 9.59 Å². The highest BCUT2D eigenvalue weighted by Gasteiger charge is 2.28. The Hall–Kier alpha value is -3.28. The molecule has 6 nitrogen and oxygen atoms in total. The van der Waals surface area contributed by atoms with Crippen molar-refractivity contribution in [2.75, 3.05) is 13.1 Å². The molecule has 0 radical (unpaired) electrons. The number of amides is 1. The van der Waals surface area contributed by atoms with E-state index in [-0.39, 0.29) is 17.6 Å². The number of ketones is 1. The molecule has 1 amide bonds. The molecule has 0 atom stereocenters. The molecule has 1 saturated heterocycles. The van der Waals surface area contributed by atoms with E-state index in [2.05, 4.69) is 10.1 Å². The Bertz CT molecular complexity index is 1070. The Kier molecular flexibility index (Phi) is 6.26. The summed E-state index contributed by atoms with van der Waals surface area (Å²) in [6, 6.07) is 15.6. The van der Waals surface area contributed by atoms with E-state index in [0.29, 0.717) is 50.5 Å². The molecule has 2 aromatic carbocycles. The van der Waals surface area contributed by atoms with Crippen LogP contribution in [0.15, 0.2) is 53.1 Å². The van der Waals surface area contributed by atoms with Crippen molar-refractivity contribution in [1.29, 1.82) is 0 Å². The summed E-state index contributed by atoms with van der Waals surface area (Å²) >= 11 is 0. The number of carbonyl (C=O) groups is 2. The van der Waals surface area contributed by atoms with Gasteiger partial charge in [0.2, 0.25) is 17.6 Å². The van der Waals surface area contributed by atoms with Crippen LogP contribution in [0.4, 0.5) is 0 Å². The van der Waals surface area contributed by atoms with E-state index in [4.69, 9.17) is 4.52 Å². The molecule has 0 unspecified atom stereocenters. The maximum atomic E-state index is 12.9. The molecule has 0 spiro atoms. The number of aryl methyl sites for hydroxylation is 3. The van der Waals surface area contributed by atoms with Crippen molar-refractivity contribution in [2.45, 2.75) is 39.5 Å². The van der Waals surface area contributed by atoms with Crippen LogP contribution in [-0.2, 0) is 11.2 Å². The summed E-state index contributed by atoms with van der Waals surface area (Å²) in [5, 5.41) is 4.00. The van der Waals surface area contributed by atoms with Crippen LogP contribution in [0.25, 0.3) is 11.4 Å². The van der Waals surface area contributed by atoms with Crippen molar-refractivity contribution in [2.24, 2.45) is 5.92 Å². The van der Waals surface area contributed by atoms with Gasteiger partial charge in [-0.05, 0) is 32.3 Å². The molecule has 31 heavy (non-hydrogen) atoms. The second-order valence-corrected chi connectivity index (χ2v) is 8.22. The van der Waals surface area contributed by atoms with Crippen molar-refractivity contribution in [1.82, 2.24) is 15.0 Å². The van der Waals surface area contributed by atoms with Gasteiger partial charge >= 0.3 is 0 Å². The van der Waals surface area contributed by atoms with E-state index < -0.39 is 0 Å². The Labute approximate surface area is 182 Å². The van der Waals surface area contributed by atoms with Crippen LogP contribution in [0.3, 0.4) is 0 Å². The summed E-state index contributed by atoms with van der Waals surface area (Å²) in [5.41, 5.74) is 3.88. The van der Waals surface area contributed by atoms with Gasteiger partial charge in [-0.1, -0.05) is 59.3 Å². The quantitative estimate of drug-likeness (QED) is 0.556. The number of Topliss-reactive ketones (excluding diaryl/α,β-unsaturated/α-hetero) is 1. The van der Waals surface area contributed by atoms with Crippen molar-refractivity contribution >= 4 is 11.7 Å². The highest BCUT2D eigenvalue weighted by molar-refractivity contribution is 5.99. The van der Waals surface area contributed by atoms with Crippen LogP contribution in [0, 0.1) is 19.8 Å². The van der Waals surface area contributed by atoms with E-state index in [1.165, 1.54) is 0 Å². The second-order valence-electron chi connectivity index (χ2n) is 8.22. The fourth-order valence-corrected chi connectivity index (χ4v) is 4.13. The van der Waals surface area contributed by atoms with Crippen LogP contribution in [0.2, 0.25) is 0 Å². The van der Waals surface area contributed by atoms with Crippen LogP contribution < -0.4 is 0 Å². The van der Waals surface area contributed by atoms with Gasteiger partial charge in [0.15, 0.2) is 5.78 Å². The molecule has 0 aliphatic carbocycles. The summed E-state index contributed by atoms with van der Waals surface area (Å²) in [6.45, 7) is 5.24. The summed E-state index contributed by atoms with van der Waals surface area (Å²) in [6.07, 6.45) is 2.15. The lowest BCUT2D eigenvalue weighted by Crippen LogP contribution is -2.40. The third-order valence-electron chi connectivity index (χ3n) is 5.92. The molecular weight excluding hydrogens is 390 g/mol. The number of piperidine rings is 1. The van der Waals surface area contributed by atoms with Gasteiger partial charge in [-0.25, -0.2) is 0 Å². The van der Waals surface area contributed by atoms with Gasteiger partial charge < -0.3 is 9.42 Å². The smallest absolute Gasteiger partial charge is 0.227 e. The predicted octanol–water partition coefficient (Wildman–Crippen LogP) is 4.41. The fraction of sp³-hybridized carbons (Fsp3) is 0.360. The first kappa shape index (κ1) is 21.0. The van der Waals surface area contributed by atoms with E-state index in [1.54, 1.807) is 0 Å². The van der Waals surface area contributed by atoms with Gasteiger partial charge in [0.1, 0.15) is 0 Å². The SMILES string of the molecule is Cc1ccc(C(=O)C2CCN(C(=O)CCc3nc(-c4ccccc4)no3)CC2)c(C)c1. The monoisotopic (exact) mass is 417 g/mol. The summed E-state index contributed by atoms with van der Waals surface area (Å²) in [5.74, 6) is 1.25. The number of carbonyl (C=O) groups excluding carboxylic acids is 2. The average Bonchev–Trinajstić information content (AvgIpc) is 3.27. The van der Waals surface area contributed by atoms with Gasteiger partial charge in [0.25, 0.3) is 0 Å². The molecule has 0 N–H and O–H groups in total. The highest BCUT2D eigenvalue weighted by Crippen LogP contribution is 2.24. The normalized spacial score (nSPS) is 14.6. The number of hydrogen-bond donors (Lipinski definition) is 0. The summed E-state index contributed by atoms with van der Waals surface area (Å²) in [4.78, 5) is 31.8. The molecule has 3 aromatic rings. The topological polar surface area (TPSA) is 76.3 Å². The van der Waals surface area contributed by atoms with Crippen molar-refractivity contribution < 1.29 is 14.1 Å². The van der Waals surface area contributed by atoms with E-state index in [9.17, 15) is 9.59 Å². The standard InChI is InChI=1S/C25H27N3O3/c1-17-8-9-21(18(2)16-17)24(30)19-12-14-28(15-13-19)23(29)11-10-22-26-25(27-31-22)20-6-4-3-5-7-20/h3-9,16,19H,10-15H2,1-2H3. The molecule has 0 saturated carbocycles. The van der Waals surface area contributed by atoms with Gasteiger partial charge in [-0.2, -0.15) is 4.98 Å². The van der Waals surface area contributed by atoms with Crippen LogP contribution >= 0.6 is 0 Å². The zero-order chi connectivity index (χ0) is 21.8. The minimum atomic E-state index is -0.0187. The van der Waals surface area contributed by atoms with Crippen LogP contribution in [0.1, 0.15) is 46.6 Å². The largest absolute Gasteiger partial charge is 0.343 e. The zero-order valence-electron chi connectivity index (χ0n) is 18.0. The first-order chi connectivity index (χ1) is 15.0. The summed E-state index contributed by atoms with van der Waals surface area (Å²) < 4.78 is 5.30. The number of likely N-dealkylation sites (tertiary alicyclic amines) is 1. The van der Waals surface area contributed by atoms with Gasteiger partial charge in [-0.15, -0.1) is 0 Å². The van der Waals surface area contributed by atoms with Crippen LogP contribution in [0.5, 0.6) is 0 Å². The average molecular weight is 418 g/mol. The van der Waals surface area contributed by atoms with E-state index >= 15 is 0 Å². The maximum Gasteiger partial charge on any atom is 0.227 e. The minimum Gasteiger partial charge on any atom is -0.343 e. The molecule has 1 aromatic heterocycles. The van der Waals surface area contributed by atoms with Crippen LogP contribution in [-0.4, -0.2) is 39.8 Å². The van der Waals surface area contributed by atoms with E-state index in [1.807, 2.05) is 67.3 Å². The lowest BCUT2D eigenvalue weighted by atomic mass is 9.87. The maximum absolute atomic E-state index is 12.9. The fourth-order valence-electron chi connectivity index (χ4n) is 4.13. The van der Waals surface area contributed by atoms with Gasteiger partial charge in [0, 0.05) is 43.0 Å². The first-order valence-corrected chi connectivity index (χ1v) is 10.8. The minimum absolute atomic E-state index is 0.0187. The Balaban J connectivity index is 1.28. The lowest BCUT2D eigenvalue weighted by molar-refractivity contribution is -0.132. The molecule has 4 rings (SSSR count). The third kappa shape index (κ3) is 4.90. The molecule has 2 heterocycles. The number of aromatic nitrogens is 2. The molecule has 6 heteroatoms. The first-order valence-electron chi connectivity index (χ1n) is 10.8. The third-order valence-corrected chi connectivity index (χ3v) is 5.92. The lowest BCUT2D eigenvalue weighted by Gasteiger charge is -2.31. The predicted molar refractivity (Wildman–Crippen MR) is 118 cm³/mol. The molecular formula is C25H27N3O3. The Morgan fingerprint density at radius 1 is 1.06 bits per heavy atom. The van der Waals surface area contributed by atoms with Crippen molar-refractivity contribution in [3.8, 4) is 11.4 Å².